The van der Waals surface area contributed by atoms with Crippen LogP contribution in [0.5, 0.6) is 0 Å². The molecule has 0 spiro atoms. The van der Waals surface area contributed by atoms with E-state index in [-0.39, 0.29) is 17.8 Å². The first-order valence-corrected chi connectivity index (χ1v) is 9.61. The van der Waals surface area contributed by atoms with Crippen molar-refractivity contribution in [1.82, 2.24) is 20.1 Å². The maximum atomic E-state index is 14.0. The van der Waals surface area contributed by atoms with Gasteiger partial charge in [0.2, 0.25) is 0 Å². The number of aryl methyl sites for hydroxylation is 3. The molecule has 0 aliphatic heterocycles. The molecule has 0 fully saturated rings. The van der Waals surface area contributed by atoms with Crippen molar-refractivity contribution in [3.8, 4) is 10.6 Å². The lowest BCUT2D eigenvalue weighted by Gasteiger charge is -2.14. The molecule has 0 saturated carbocycles. The summed E-state index contributed by atoms with van der Waals surface area (Å²) in [7, 11) is 1.92. The number of carbonyl (C=O) groups is 1. The molecule has 1 atom stereocenters. The summed E-state index contributed by atoms with van der Waals surface area (Å²) in [5.41, 5.74) is 4.26. The second-order valence-corrected chi connectivity index (χ2v) is 7.76. The van der Waals surface area contributed by atoms with Crippen LogP contribution in [0.15, 0.2) is 24.3 Å². The van der Waals surface area contributed by atoms with E-state index in [0.29, 0.717) is 27.6 Å². The summed E-state index contributed by atoms with van der Waals surface area (Å²) in [6, 6.07) is 6.41. The van der Waals surface area contributed by atoms with E-state index >= 15 is 0 Å². The van der Waals surface area contributed by atoms with Gasteiger partial charge in [0.15, 0.2) is 0 Å². The van der Waals surface area contributed by atoms with Crippen LogP contribution in [0.3, 0.4) is 0 Å². The summed E-state index contributed by atoms with van der Waals surface area (Å²) in [6.45, 7) is 7.75. The molecule has 27 heavy (non-hydrogen) atoms. The van der Waals surface area contributed by atoms with Crippen LogP contribution in [0.25, 0.3) is 10.6 Å². The average Bonchev–Trinajstić information content (AvgIpc) is 3.10. The Labute approximate surface area is 162 Å². The number of nitrogens with one attached hydrogen (secondary N) is 1. The van der Waals surface area contributed by atoms with Crippen molar-refractivity contribution in [2.75, 3.05) is 0 Å². The van der Waals surface area contributed by atoms with Gasteiger partial charge in [-0.15, -0.1) is 11.3 Å². The largest absolute Gasteiger partial charge is 0.348 e. The summed E-state index contributed by atoms with van der Waals surface area (Å²) in [5, 5.41) is 7.97. The number of rotatable bonds is 5. The van der Waals surface area contributed by atoms with E-state index in [9.17, 15) is 9.18 Å². The van der Waals surface area contributed by atoms with E-state index in [0.717, 1.165) is 17.0 Å². The monoisotopic (exact) mass is 386 g/mol. The molecule has 3 aromatic rings. The predicted molar refractivity (Wildman–Crippen MR) is 106 cm³/mol. The minimum atomic E-state index is -0.339. The highest BCUT2D eigenvalue weighted by molar-refractivity contribution is 7.17. The lowest BCUT2D eigenvalue weighted by Crippen LogP contribution is -2.34. The zero-order valence-electron chi connectivity index (χ0n) is 16.1. The first-order valence-electron chi connectivity index (χ1n) is 8.80. The van der Waals surface area contributed by atoms with E-state index < -0.39 is 0 Å². The Bertz CT molecular complexity index is 992. The second kappa shape index (κ2) is 7.60. The molecular formula is C20H23FN4OS. The molecule has 5 nitrogen and oxygen atoms in total. The summed E-state index contributed by atoms with van der Waals surface area (Å²) in [6.07, 6.45) is 0.704. The van der Waals surface area contributed by atoms with Gasteiger partial charge >= 0.3 is 0 Å². The van der Waals surface area contributed by atoms with Crippen LogP contribution < -0.4 is 5.32 Å². The number of aromatic nitrogens is 3. The van der Waals surface area contributed by atoms with Crippen LogP contribution in [-0.4, -0.2) is 26.7 Å². The van der Waals surface area contributed by atoms with Crippen LogP contribution in [0, 0.1) is 26.6 Å². The molecule has 1 aromatic carbocycles. The van der Waals surface area contributed by atoms with Crippen LogP contribution in [0.1, 0.15) is 39.2 Å². The van der Waals surface area contributed by atoms with Gasteiger partial charge in [0.25, 0.3) is 5.91 Å². The number of hydrogen-bond acceptors (Lipinski definition) is 4. The van der Waals surface area contributed by atoms with E-state index in [2.05, 4.69) is 15.4 Å². The number of benzene rings is 1. The maximum absolute atomic E-state index is 14.0. The van der Waals surface area contributed by atoms with E-state index in [4.69, 9.17) is 0 Å². The van der Waals surface area contributed by atoms with E-state index in [1.807, 2.05) is 32.5 Å². The first kappa shape index (κ1) is 19.2. The van der Waals surface area contributed by atoms with Gasteiger partial charge in [-0.25, -0.2) is 9.37 Å². The van der Waals surface area contributed by atoms with Gasteiger partial charge in [0.05, 0.1) is 11.4 Å². The maximum Gasteiger partial charge on any atom is 0.263 e. The zero-order valence-corrected chi connectivity index (χ0v) is 16.9. The number of amides is 1. The quantitative estimate of drug-likeness (QED) is 0.722. The van der Waals surface area contributed by atoms with Crippen molar-refractivity contribution in [2.24, 2.45) is 7.05 Å². The fraction of sp³-hybridized carbons (Fsp3) is 0.350. The van der Waals surface area contributed by atoms with Crippen LogP contribution in [0.2, 0.25) is 0 Å². The fourth-order valence-electron chi connectivity index (χ4n) is 3.12. The second-order valence-electron chi connectivity index (χ2n) is 6.77. The van der Waals surface area contributed by atoms with Crippen molar-refractivity contribution >= 4 is 17.2 Å². The Kier molecular flexibility index (Phi) is 5.41. The molecule has 1 amide bonds. The molecule has 0 aliphatic carbocycles. The Balaban J connectivity index is 1.75. The summed E-state index contributed by atoms with van der Waals surface area (Å²) in [4.78, 5) is 17.6. The van der Waals surface area contributed by atoms with Crippen molar-refractivity contribution in [1.29, 1.82) is 0 Å². The molecule has 0 aliphatic rings. The third-order valence-electron chi connectivity index (χ3n) is 4.65. The number of thiazole rings is 1. The molecule has 3 rings (SSSR count). The minimum Gasteiger partial charge on any atom is -0.348 e. The summed E-state index contributed by atoms with van der Waals surface area (Å²) < 4.78 is 15.9. The first-order chi connectivity index (χ1) is 12.8. The van der Waals surface area contributed by atoms with Gasteiger partial charge in [0.1, 0.15) is 15.7 Å². The summed E-state index contributed by atoms with van der Waals surface area (Å²) in [5.74, 6) is -0.520. The van der Waals surface area contributed by atoms with Crippen molar-refractivity contribution < 1.29 is 9.18 Å². The van der Waals surface area contributed by atoms with Gasteiger partial charge in [-0.2, -0.15) is 5.10 Å². The molecule has 0 bridgehead atoms. The molecule has 1 unspecified atom stereocenters. The minimum absolute atomic E-state index is 0.0579. The average molecular weight is 386 g/mol. The highest BCUT2D eigenvalue weighted by Gasteiger charge is 2.20. The SMILES string of the molecule is Cc1nc(-c2ccccc2F)sc1C(=O)NC(C)Cc1c(C)nn(C)c1C. The Morgan fingerprint density at radius 2 is 1.96 bits per heavy atom. The molecule has 0 saturated heterocycles. The van der Waals surface area contributed by atoms with E-state index in [1.54, 1.807) is 25.1 Å². The molecule has 1 N–H and O–H groups in total. The lowest BCUT2D eigenvalue weighted by atomic mass is 10.1. The smallest absolute Gasteiger partial charge is 0.263 e. The Morgan fingerprint density at radius 3 is 2.59 bits per heavy atom. The standard InChI is InChI=1S/C20H23FN4OS/c1-11(10-16-12(2)24-25(5)14(16)4)22-19(26)18-13(3)23-20(27-18)15-8-6-7-9-17(15)21/h6-9,11H,10H2,1-5H3,(H,22,26). The Hall–Kier alpha value is -2.54. The topological polar surface area (TPSA) is 59.8 Å². The molecule has 7 heteroatoms. The molecule has 0 radical (unpaired) electrons. The zero-order chi connectivity index (χ0) is 19.7. The highest BCUT2D eigenvalue weighted by Crippen LogP contribution is 2.29. The molecular weight excluding hydrogens is 363 g/mol. The number of hydrogen-bond donors (Lipinski definition) is 1. The van der Waals surface area contributed by atoms with Crippen LogP contribution in [0.4, 0.5) is 4.39 Å². The molecule has 142 valence electrons. The van der Waals surface area contributed by atoms with Gasteiger partial charge < -0.3 is 5.32 Å². The number of nitrogens with zero attached hydrogens (tertiary/aromatic N) is 3. The van der Waals surface area contributed by atoms with Crippen LogP contribution >= 0.6 is 11.3 Å². The summed E-state index contributed by atoms with van der Waals surface area (Å²) >= 11 is 1.21. The number of halogens is 1. The van der Waals surface area contributed by atoms with Crippen LogP contribution in [-0.2, 0) is 13.5 Å². The van der Waals surface area contributed by atoms with Crippen molar-refractivity contribution in [3.63, 3.8) is 0 Å². The predicted octanol–water partition coefficient (Wildman–Crippen LogP) is 3.97. The third kappa shape index (κ3) is 3.93. The highest BCUT2D eigenvalue weighted by atomic mass is 32.1. The molecule has 2 aromatic heterocycles. The third-order valence-corrected chi connectivity index (χ3v) is 5.84. The number of carbonyl (C=O) groups excluding carboxylic acids is 1. The van der Waals surface area contributed by atoms with Gasteiger partial charge in [0, 0.05) is 24.3 Å². The lowest BCUT2D eigenvalue weighted by molar-refractivity contribution is 0.0943. The van der Waals surface area contributed by atoms with Gasteiger partial charge in [-0.3, -0.25) is 9.48 Å². The van der Waals surface area contributed by atoms with Gasteiger partial charge in [-0.05, 0) is 51.8 Å². The van der Waals surface area contributed by atoms with Crippen molar-refractivity contribution in [2.45, 2.75) is 40.2 Å². The normalized spacial score (nSPS) is 12.2. The Morgan fingerprint density at radius 1 is 1.26 bits per heavy atom. The van der Waals surface area contributed by atoms with Gasteiger partial charge in [-0.1, -0.05) is 12.1 Å². The van der Waals surface area contributed by atoms with Crippen molar-refractivity contribution in [3.05, 3.63) is 57.6 Å². The fourth-order valence-corrected chi connectivity index (χ4v) is 4.11. The van der Waals surface area contributed by atoms with E-state index in [1.165, 1.54) is 17.4 Å². The molecule has 2 heterocycles.